The van der Waals surface area contributed by atoms with Gasteiger partial charge in [-0.1, -0.05) is 6.92 Å². The zero-order chi connectivity index (χ0) is 10.8. The lowest BCUT2D eigenvalue weighted by Crippen LogP contribution is -2.23. The van der Waals surface area contributed by atoms with Gasteiger partial charge in [-0.15, -0.1) is 0 Å². The third-order valence-corrected chi connectivity index (χ3v) is 2.65. The number of hydrogen-bond acceptors (Lipinski definition) is 3. The van der Waals surface area contributed by atoms with E-state index < -0.39 is 0 Å². The van der Waals surface area contributed by atoms with E-state index in [0.717, 1.165) is 6.42 Å². The van der Waals surface area contributed by atoms with E-state index in [1.54, 1.807) is 29.4 Å². The Morgan fingerprint density at radius 2 is 2.33 bits per heavy atom. The van der Waals surface area contributed by atoms with Gasteiger partial charge in [-0.25, -0.2) is 4.98 Å². The molecule has 0 fully saturated rings. The van der Waals surface area contributed by atoms with Gasteiger partial charge in [0.2, 0.25) is 0 Å². The second-order valence-electron chi connectivity index (χ2n) is 3.61. The molecule has 2 rings (SSSR count). The molecule has 0 saturated carbocycles. The Morgan fingerprint density at radius 1 is 1.53 bits per heavy atom. The average Bonchev–Trinajstić information content (AvgIpc) is 2.29. The first-order chi connectivity index (χ1) is 7.24. The maximum atomic E-state index is 12.0. The maximum Gasteiger partial charge on any atom is 0.262 e. The molecule has 0 aliphatic heterocycles. The van der Waals surface area contributed by atoms with Crippen LogP contribution in [-0.2, 0) is 0 Å². The van der Waals surface area contributed by atoms with Gasteiger partial charge in [-0.05, 0) is 19.4 Å². The van der Waals surface area contributed by atoms with Crippen LogP contribution in [0.3, 0.4) is 0 Å². The smallest absolute Gasteiger partial charge is 0.262 e. The molecule has 78 valence electrons. The molecule has 0 aromatic carbocycles. The quantitative estimate of drug-likeness (QED) is 0.747. The lowest BCUT2D eigenvalue weighted by atomic mass is 10.2. The first kappa shape index (κ1) is 9.83. The van der Waals surface area contributed by atoms with Crippen molar-refractivity contribution in [2.75, 3.05) is 0 Å². The Kier molecular flexibility index (Phi) is 2.49. The van der Waals surface area contributed by atoms with Crippen LogP contribution in [0.1, 0.15) is 26.3 Å². The van der Waals surface area contributed by atoms with E-state index in [-0.39, 0.29) is 11.6 Å². The summed E-state index contributed by atoms with van der Waals surface area (Å²) in [4.78, 5) is 20.2. The van der Waals surface area contributed by atoms with E-state index in [0.29, 0.717) is 10.9 Å². The minimum Gasteiger partial charge on any atom is -0.296 e. The molecule has 0 radical (unpaired) electrons. The number of pyridine rings is 1. The summed E-state index contributed by atoms with van der Waals surface area (Å²) >= 11 is 0. The van der Waals surface area contributed by atoms with Crippen molar-refractivity contribution >= 4 is 10.9 Å². The predicted octanol–water partition coefficient (Wildman–Crippen LogP) is 1.76. The second kappa shape index (κ2) is 3.81. The van der Waals surface area contributed by atoms with Crippen molar-refractivity contribution in [2.24, 2.45) is 0 Å². The molecule has 4 nitrogen and oxygen atoms in total. The Hall–Kier alpha value is -1.71. The lowest BCUT2D eigenvalue weighted by molar-refractivity contribution is 0.510. The van der Waals surface area contributed by atoms with Gasteiger partial charge in [0.25, 0.3) is 5.56 Å². The first-order valence-electron chi connectivity index (χ1n) is 5.05. The van der Waals surface area contributed by atoms with Crippen LogP contribution in [0.25, 0.3) is 10.9 Å². The predicted molar refractivity (Wildman–Crippen MR) is 58.8 cm³/mol. The monoisotopic (exact) mass is 203 g/mol. The molecule has 1 atom stereocenters. The normalized spacial score (nSPS) is 12.9. The molecular weight excluding hydrogens is 190 g/mol. The van der Waals surface area contributed by atoms with E-state index in [4.69, 9.17) is 0 Å². The van der Waals surface area contributed by atoms with Gasteiger partial charge in [-0.3, -0.25) is 14.3 Å². The Bertz CT molecular complexity index is 533. The van der Waals surface area contributed by atoms with Gasteiger partial charge in [0.15, 0.2) is 0 Å². The highest BCUT2D eigenvalue weighted by Gasteiger charge is 2.07. The van der Waals surface area contributed by atoms with Crippen LogP contribution >= 0.6 is 0 Å². The highest BCUT2D eigenvalue weighted by atomic mass is 16.1. The van der Waals surface area contributed by atoms with Crippen LogP contribution in [0.15, 0.2) is 29.6 Å². The highest BCUT2D eigenvalue weighted by molar-refractivity contribution is 5.75. The molecule has 0 aliphatic rings. The third-order valence-electron chi connectivity index (χ3n) is 2.65. The molecule has 0 aliphatic carbocycles. The fraction of sp³-hybridized carbons (Fsp3) is 0.364. The Morgan fingerprint density at radius 3 is 3.07 bits per heavy atom. The largest absolute Gasteiger partial charge is 0.296 e. The molecule has 2 heterocycles. The molecule has 0 spiro atoms. The summed E-state index contributed by atoms with van der Waals surface area (Å²) in [7, 11) is 0. The molecule has 0 saturated heterocycles. The first-order valence-corrected chi connectivity index (χ1v) is 5.05. The third kappa shape index (κ3) is 1.63. The summed E-state index contributed by atoms with van der Waals surface area (Å²) < 4.78 is 1.66. The van der Waals surface area contributed by atoms with Crippen LogP contribution in [-0.4, -0.2) is 14.5 Å². The van der Waals surface area contributed by atoms with Crippen molar-refractivity contribution in [3.8, 4) is 0 Å². The minimum absolute atomic E-state index is 0.0116. The summed E-state index contributed by atoms with van der Waals surface area (Å²) in [6.07, 6.45) is 5.73. The summed E-state index contributed by atoms with van der Waals surface area (Å²) in [5.74, 6) is 0. The SMILES string of the molecule is CC[C@H](C)n1cnc2ccncc2c1=O. The highest BCUT2D eigenvalue weighted by Crippen LogP contribution is 2.09. The number of hydrogen-bond donors (Lipinski definition) is 0. The zero-order valence-electron chi connectivity index (χ0n) is 8.84. The summed E-state index contributed by atoms with van der Waals surface area (Å²) in [5, 5.41) is 0.584. The van der Waals surface area contributed by atoms with Crippen LogP contribution in [0.2, 0.25) is 0 Å². The van der Waals surface area contributed by atoms with Crippen LogP contribution in [0.5, 0.6) is 0 Å². The number of rotatable bonds is 2. The van der Waals surface area contributed by atoms with E-state index in [1.165, 1.54) is 0 Å². The van der Waals surface area contributed by atoms with Gasteiger partial charge < -0.3 is 0 Å². The average molecular weight is 203 g/mol. The second-order valence-corrected chi connectivity index (χ2v) is 3.61. The van der Waals surface area contributed by atoms with Crippen molar-refractivity contribution in [3.63, 3.8) is 0 Å². The van der Waals surface area contributed by atoms with Crippen molar-refractivity contribution < 1.29 is 0 Å². The Balaban J connectivity index is 2.71. The van der Waals surface area contributed by atoms with Gasteiger partial charge in [0.1, 0.15) is 0 Å². The molecule has 0 unspecified atom stereocenters. The zero-order valence-corrected chi connectivity index (χ0v) is 8.84. The summed E-state index contributed by atoms with van der Waals surface area (Å²) in [6.45, 7) is 4.05. The molecular formula is C11H13N3O. The van der Waals surface area contributed by atoms with E-state index in [9.17, 15) is 4.79 Å². The topological polar surface area (TPSA) is 47.8 Å². The van der Waals surface area contributed by atoms with Gasteiger partial charge in [0, 0.05) is 18.4 Å². The summed E-state index contributed by atoms with van der Waals surface area (Å²) in [6, 6.07) is 1.92. The molecule has 15 heavy (non-hydrogen) atoms. The van der Waals surface area contributed by atoms with Crippen molar-refractivity contribution in [3.05, 3.63) is 35.1 Å². The van der Waals surface area contributed by atoms with Crippen molar-refractivity contribution in [2.45, 2.75) is 26.3 Å². The molecule has 2 aromatic rings. The van der Waals surface area contributed by atoms with Gasteiger partial charge >= 0.3 is 0 Å². The number of aromatic nitrogens is 3. The van der Waals surface area contributed by atoms with E-state index >= 15 is 0 Å². The van der Waals surface area contributed by atoms with Crippen LogP contribution < -0.4 is 5.56 Å². The molecule has 2 aromatic heterocycles. The van der Waals surface area contributed by atoms with Crippen LogP contribution in [0, 0.1) is 0 Å². The molecule has 0 bridgehead atoms. The van der Waals surface area contributed by atoms with E-state index in [2.05, 4.69) is 9.97 Å². The standard InChI is InChI=1S/C11H13N3O/c1-3-8(2)14-7-13-10-4-5-12-6-9(10)11(14)15/h4-8H,3H2,1-2H3/t8-/m0/s1. The number of fused-ring (bicyclic) bond motifs is 1. The van der Waals surface area contributed by atoms with Gasteiger partial charge in [0.05, 0.1) is 17.2 Å². The molecule has 0 N–H and O–H groups in total. The molecule has 4 heteroatoms. The Labute approximate surface area is 87.6 Å². The lowest BCUT2D eigenvalue weighted by Gasteiger charge is -2.12. The minimum atomic E-state index is -0.0116. The molecule has 0 amide bonds. The maximum absolute atomic E-state index is 12.0. The van der Waals surface area contributed by atoms with Gasteiger partial charge in [-0.2, -0.15) is 0 Å². The fourth-order valence-electron chi connectivity index (χ4n) is 1.49. The van der Waals surface area contributed by atoms with Crippen molar-refractivity contribution in [1.29, 1.82) is 0 Å². The van der Waals surface area contributed by atoms with E-state index in [1.807, 2.05) is 13.8 Å². The fourth-order valence-corrected chi connectivity index (χ4v) is 1.49. The number of nitrogens with zero attached hydrogens (tertiary/aromatic N) is 3. The van der Waals surface area contributed by atoms with Crippen molar-refractivity contribution in [1.82, 2.24) is 14.5 Å². The van der Waals surface area contributed by atoms with Crippen LogP contribution in [0.4, 0.5) is 0 Å². The summed E-state index contributed by atoms with van der Waals surface area (Å²) in [5.41, 5.74) is 0.692.